The lowest BCUT2D eigenvalue weighted by atomic mass is 10.1. The zero-order valence-corrected chi connectivity index (χ0v) is 11.3. The molecule has 2 N–H and O–H groups in total. The van der Waals surface area contributed by atoms with Crippen molar-refractivity contribution in [3.8, 4) is 0 Å². The SMILES string of the molecule is C=CC(=O)N(Cc1ccccc1)Cc1ccccc1N. The van der Waals surface area contributed by atoms with Crippen molar-refractivity contribution in [2.24, 2.45) is 0 Å². The third-order valence-corrected chi connectivity index (χ3v) is 3.12. The van der Waals surface area contributed by atoms with Gasteiger partial charge in [-0.15, -0.1) is 0 Å². The minimum absolute atomic E-state index is 0.0999. The monoisotopic (exact) mass is 266 g/mol. The third kappa shape index (κ3) is 3.48. The first kappa shape index (κ1) is 13.9. The predicted molar refractivity (Wildman–Crippen MR) is 81.7 cm³/mol. The van der Waals surface area contributed by atoms with Crippen LogP contribution in [0.15, 0.2) is 67.3 Å². The van der Waals surface area contributed by atoms with Gasteiger partial charge in [-0.3, -0.25) is 4.79 Å². The van der Waals surface area contributed by atoms with Crippen LogP contribution in [0.4, 0.5) is 5.69 Å². The first-order valence-electron chi connectivity index (χ1n) is 6.49. The van der Waals surface area contributed by atoms with Gasteiger partial charge in [0.25, 0.3) is 0 Å². The van der Waals surface area contributed by atoms with Gasteiger partial charge in [0, 0.05) is 18.8 Å². The summed E-state index contributed by atoms with van der Waals surface area (Å²) >= 11 is 0. The van der Waals surface area contributed by atoms with Crippen LogP contribution < -0.4 is 5.73 Å². The number of carbonyl (C=O) groups is 1. The smallest absolute Gasteiger partial charge is 0.246 e. The number of nitrogens with zero attached hydrogens (tertiary/aromatic N) is 1. The first-order chi connectivity index (χ1) is 9.70. The van der Waals surface area contributed by atoms with Crippen molar-refractivity contribution >= 4 is 11.6 Å². The van der Waals surface area contributed by atoms with E-state index in [1.165, 1.54) is 6.08 Å². The van der Waals surface area contributed by atoms with Crippen LogP contribution in [0.3, 0.4) is 0 Å². The molecule has 2 aromatic rings. The van der Waals surface area contributed by atoms with Gasteiger partial charge >= 0.3 is 0 Å². The number of nitrogens with two attached hydrogens (primary N) is 1. The van der Waals surface area contributed by atoms with Crippen LogP contribution in [0.1, 0.15) is 11.1 Å². The van der Waals surface area contributed by atoms with Gasteiger partial charge < -0.3 is 10.6 Å². The summed E-state index contributed by atoms with van der Waals surface area (Å²) < 4.78 is 0. The van der Waals surface area contributed by atoms with Gasteiger partial charge in [0.1, 0.15) is 0 Å². The molecule has 0 aliphatic carbocycles. The Morgan fingerprint density at radius 1 is 1.05 bits per heavy atom. The van der Waals surface area contributed by atoms with E-state index < -0.39 is 0 Å². The summed E-state index contributed by atoms with van der Waals surface area (Å²) in [5, 5.41) is 0. The average molecular weight is 266 g/mol. The molecule has 0 aliphatic heterocycles. The number of benzene rings is 2. The van der Waals surface area contributed by atoms with Crippen molar-refractivity contribution in [1.29, 1.82) is 0 Å². The minimum atomic E-state index is -0.0999. The largest absolute Gasteiger partial charge is 0.398 e. The molecule has 2 aromatic carbocycles. The molecule has 0 saturated heterocycles. The van der Waals surface area contributed by atoms with Crippen molar-refractivity contribution in [1.82, 2.24) is 4.90 Å². The van der Waals surface area contributed by atoms with Crippen molar-refractivity contribution in [2.45, 2.75) is 13.1 Å². The molecule has 0 fully saturated rings. The Labute approximate surface area is 119 Å². The number of nitrogen functional groups attached to an aromatic ring is 1. The zero-order chi connectivity index (χ0) is 14.4. The number of hydrogen-bond donors (Lipinski definition) is 1. The average Bonchev–Trinajstić information content (AvgIpc) is 2.49. The molecule has 0 bridgehead atoms. The van der Waals surface area contributed by atoms with E-state index in [1.807, 2.05) is 54.6 Å². The van der Waals surface area contributed by atoms with Gasteiger partial charge in [-0.25, -0.2) is 0 Å². The van der Waals surface area contributed by atoms with Crippen LogP contribution in [-0.4, -0.2) is 10.8 Å². The maximum atomic E-state index is 12.0. The van der Waals surface area contributed by atoms with Crippen molar-refractivity contribution in [3.05, 3.63) is 78.4 Å². The highest BCUT2D eigenvalue weighted by Gasteiger charge is 2.12. The molecule has 0 atom stereocenters. The van der Waals surface area contributed by atoms with Crippen molar-refractivity contribution < 1.29 is 4.79 Å². The van der Waals surface area contributed by atoms with Gasteiger partial charge in [-0.2, -0.15) is 0 Å². The maximum Gasteiger partial charge on any atom is 0.246 e. The van der Waals surface area contributed by atoms with Gasteiger partial charge in [0.05, 0.1) is 0 Å². The van der Waals surface area contributed by atoms with Gasteiger partial charge in [0.2, 0.25) is 5.91 Å². The fourth-order valence-electron chi connectivity index (χ4n) is 2.03. The molecule has 0 heterocycles. The Balaban J connectivity index is 2.18. The van der Waals surface area contributed by atoms with E-state index in [4.69, 9.17) is 5.73 Å². The van der Waals surface area contributed by atoms with Crippen LogP contribution in [0.25, 0.3) is 0 Å². The highest BCUT2D eigenvalue weighted by molar-refractivity contribution is 5.87. The summed E-state index contributed by atoms with van der Waals surface area (Å²) in [6, 6.07) is 17.5. The summed E-state index contributed by atoms with van der Waals surface area (Å²) in [5.41, 5.74) is 8.66. The van der Waals surface area contributed by atoms with Gasteiger partial charge in [0.15, 0.2) is 0 Å². The summed E-state index contributed by atoms with van der Waals surface area (Å²) in [6.45, 7) is 4.59. The molecule has 0 aromatic heterocycles. The van der Waals surface area contributed by atoms with E-state index in [0.717, 1.165) is 11.1 Å². The van der Waals surface area contributed by atoms with Crippen LogP contribution >= 0.6 is 0 Å². The molecule has 20 heavy (non-hydrogen) atoms. The number of hydrogen-bond acceptors (Lipinski definition) is 2. The topological polar surface area (TPSA) is 46.3 Å². The van der Waals surface area contributed by atoms with E-state index in [9.17, 15) is 4.79 Å². The minimum Gasteiger partial charge on any atom is -0.398 e. The third-order valence-electron chi connectivity index (χ3n) is 3.12. The normalized spacial score (nSPS) is 10.0. The highest BCUT2D eigenvalue weighted by atomic mass is 16.2. The van der Waals surface area contributed by atoms with Gasteiger partial charge in [-0.1, -0.05) is 55.1 Å². The molecule has 0 aliphatic rings. The molecule has 1 amide bonds. The Morgan fingerprint density at radius 2 is 1.70 bits per heavy atom. The number of anilines is 1. The first-order valence-corrected chi connectivity index (χ1v) is 6.49. The Morgan fingerprint density at radius 3 is 2.35 bits per heavy atom. The molecule has 2 rings (SSSR count). The number of rotatable bonds is 5. The number of amides is 1. The quantitative estimate of drug-likeness (QED) is 0.668. The number of carbonyl (C=O) groups excluding carboxylic acids is 1. The molecule has 0 saturated carbocycles. The Bertz CT molecular complexity index is 593. The Hall–Kier alpha value is -2.55. The maximum absolute atomic E-state index is 12.0. The van der Waals surface area contributed by atoms with E-state index in [1.54, 1.807) is 4.90 Å². The molecular formula is C17H18N2O. The lowest BCUT2D eigenvalue weighted by molar-refractivity contribution is -0.127. The van der Waals surface area contributed by atoms with E-state index >= 15 is 0 Å². The summed E-state index contributed by atoms with van der Waals surface area (Å²) in [5.74, 6) is -0.0999. The molecule has 3 nitrogen and oxygen atoms in total. The molecule has 3 heteroatoms. The van der Waals surface area contributed by atoms with Gasteiger partial charge in [-0.05, 0) is 23.3 Å². The van der Waals surface area contributed by atoms with Crippen LogP contribution in [0.5, 0.6) is 0 Å². The van der Waals surface area contributed by atoms with Crippen LogP contribution in [0, 0.1) is 0 Å². The summed E-state index contributed by atoms with van der Waals surface area (Å²) in [6.07, 6.45) is 1.34. The molecular weight excluding hydrogens is 248 g/mol. The summed E-state index contributed by atoms with van der Waals surface area (Å²) in [4.78, 5) is 13.7. The second-order valence-electron chi connectivity index (χ2n) is 4.58. The van der Waals surface area contributed by atoms with Crippen LogP contribution in [-0.2, 0) is 17.9 Å². The lowest BCUT2D eigenvalue weighted by Crippen LogP contribution is -2.28. The van der Waals surface area contributed by atoms with Crippen LogP contribution in [0.2, 0.25) is 0 Å². The molecule has 102 valence electrons. The zero-order valence-electron chi connectivity index (χ0n) is 11.3. The molecule has 0 spiro atoms. The second-order valence-corrected chi connectivity index (χ2v) is 4.58. The highest BCUT2D eigenvalue weighted by Crippen LogP contribution is 2.16. The number of para-hydroxylation sites is 1. The van der Waals surface area contributed by atoms with E-state index in [-0.39, 0.29) is 5.91 Å². The fourth-order valence-corrected chi connectivity index (χ4v) is 2.03. The lowest BCUT2D eigenvalue weighted by Gasteiger charge is -2.22. The second kappa shape index (κ2) is 6.57. The Kier molecular flexibility index (Phi) is 4.56. The predicted octanol–water partition coefficient (Wildman–Crippen LogP) is 2.98. The van der Waals surface area contributed by atoms with E-state index in [2.05, 4.69) is 6.58 Å². The summed E-state index contributed by atoms with van der Waals surface area (Å²) in [7, 11) is 0. The fraction of sp³-hybridized carbons (Fsp3) is 0.118. The van der Waals surface area contributed by atoms with Crippen molar-refractivity contribution in [3.63, 3.8) is 0 Å². The standard InChI is InChI=1S/C17H18N2O/c1-2-17(20)19(12-14-8-4-3-5-9-14)13-15-10-6-7-11-16(15)18/h2-11H,1,12-13,18H2. The van der Waals surface area contributed by atoms with E-state index in [0.29, 0.717) is 18.8 Å². The van der Waals surface area contributed by atoms with Crippen molar-refractivity contribution in [2.75, 3.05) is 5.73 Å². The molecule has 0 radical (unpaired) electrons. The molecule has 0 unspecified atom stereocenters.